The van der Waals surface area contributed by atoms with Crippen LogP contribution in [-0.4, -0.2) is 19.7 Å². The number of nitrogens with one attached hydrogen (secondary N) is 2. The highest BCUT2D eigenvalue weighted by atomic mass is 16.1. The average Bonchev–Trinajstić information content (AvgIpc) is 2.76. The highest BCUT2D eigenvalue weighted by molar-refractivity contribution is 5.88. The van der Waals surface area contributed by atoms with Gasteiger partial charge in [0.25, 0.3) is 5.56 Å². The van der Waals surface area contributed by atoms with Gasteiger partial charge in [-0.1, -0.05) is 0 Å². The van der Waals surface area contributed by atoms with Gasteiger partial charge in [-0.25, -0.2) is 4.98 Å². The molecule has 2 heterocycles. The summed E-state index contributed by atoms with van der Waals surface area (Å²) in [6.45, 7) is 2.57. The number of anilines is 2. The Hall–Kier alpha value is -2.83. The number of hydrogen-bond acceptors (Lipinski definition) is 5. The molecule has 0 aliphatic carbocycles. The van der Waals surface area contributed by atoms with Gasteiger partial charge in [-0.05, 0) is 19.1 Å². The fourth-order valence-electron chi connectivity index (χ4n) is 2.30. The van der Waals surface area contributed by atoms with E-state index in [1.165, 1.54) is 6.33 Å². The molecule has 21 heavy (non-hydrogen) atoms. The molecule has 3 aromatic rings. The van der Waals surface area contributed by atoms with Crippen molar-refractivity contribution in [3.05, 3.63) is 46.3 Å². The van der Waals surface area contributed by atoms with Crippen LogP contribution in [0.5, 0.6) is 0 Å². The standard InChI is InChI=1S/C14H16N6O/c1-8-9(6-20(2)19-8)5-16-13-4-12-10(3-11(13)15)14(21)18-7-17-12/h3-4,6-7,16H,5,15H2,1-2H3,(H,17,18,21). The topological polar surface area (TPSA) is 102 Å². The summed E-state index contributed by atoms with van der Waals surface area (Å²) in [4.78, 5) is 18.4. The summed E-state index contributed by atoms with van der Waals surface area (Å²) in [7, 11) is 1.89. The van der Waals surface area contributed by atoms with Crippen molar-refractivity contribution in [3.63, 3.8) is 0 Å². The van der Waals surface area contributed by atoms with E-state index in [-0.39, 0.29) is 5.56 Å². The number of hydrogen-bond donors (Lipinski definition) is 3. The molecule has 7 nitrogen and oxygen atoms in total. The van der Waals surface area contributed by atoms with Gasteiger partial charge in [-0.3, -0.25) is 9.48 Å². The van der Waals surface area contributed by atoms with Crippen molar-refractivity contribution in [1.29, 1.82) is 0 Å². The van der Waals surface area contributed by atoms with Crippen molar-refractivity contribution in [2.24, 2.45) is 7.05 Å². The molecule has 4 N–H and O–H groups in total. The number of nitrogens with two attached hydrogens (primary N) is 1. The van der Waals surface area contributed by atoms with E-state index in [1.807, 2.05) is 20.2 Å². The maximum absolute atomic E-state index is 11.7. The van der Waals surface area contributed by atoms with Crippen LogP contribution < -0.4 is 16.6 Å². The maximum atomic E-state index is 11.7. The molecule has 0 radical (unpaired) electrons. The SMILES string of the molecule is Cc1nn(C)cc1CNc1cc2nc[nH]c(=O)c2cc1N. The molecule has 0 saturated heterocycles. The van der Waals surface area contributed by atoms with Crippen LogP contribution in [0.2, 0.25) is 0 Å². The summed E-state index contributed by atoms with van der Waals surface area (Å²) in [5, 5.41) is 8.04. The van der Waals surface area contributed by atoms with E-state index in [1.54, 1.807) is 16.8 Å². The third-order valence-electron chi connectivity index (χ3n) is 3.40. The molecule has 108 valence electrons. The first-order valence-electron chi connectivity index (χ1n) is 6.54. The summed E-state index contributed by atoms with van der Waals surface area (Å²) < 4.78 is 1.77. The van der Waals surface area contributed by atoms with E-state index < -0.39 is 0 Å². The minimum atomic E-state index is -0.193. The van der Waals surface area contributed by atoms with E-state index in [2.05, 4.69) is 20.4 Å². The zero-order chi connectivity index (χ0) is 15.0. The number of nitrogen functional groups attached to an aromatic ring is 1. The van der Waals surface area contributed by atoms with Crippen LogP contribution in [0.4, 0.5) is 11.4 Å². The Morgan fingerprint density at radius 1 is 1.43 bits per heavy atom. The predicted octanol–water partition coefficient (Wildman–Crippen LogP) is 1.16. The Labute approximate surface area is 120 Å². The lowest BCUT2D eigenvalue weighted by Gasteiger charge is -2.09. The Morgan fingerprint density at radius 3 is 2.95 bits per heavy atom. The second-order valence-electron chi connectivity index (χ2n) is 4.96. The summed E-state index contributed by atoms with van der Waals surface area (Å²) in [6, 6.07) is 3.42. The molecule has 0 amide bonds. The predicted molar refractivity (Wildman–Crippen MR) is 82.0 cm³/mol. The van der Waals surface area contributed by atoms with Crippen molar-refractivity contribution in [1.82, 2.24) is 19.7 Å². The summed E-state index contributed by atoms with van der Waals surface area (Å²) >= 11 is 0. The third kappa shape index (κ3) is 2.45. The zero-order valence-electron chi connectivity index (χ0n) is 11.8. The molecule has 1 aromatic carbocycles. The number of H-pyrrole nitrogens is 1. The molecule has 0 atom stereocenters. The minimum Gasteiger partial charge on any atom is -0.397 e. The van der Waals surface area contributed by atoms with Crippen LogP contribution in [0.15, 0.2) is 29.5 Å². The van der Waals surface area contributed by atoms with Gasteiger partial charge in [0.1, 0.15) is 0 Å². The van der Waals surface area contributed by atoms with Crippen LogP contribution in [0.1, 0.15) is 11.3 Å². The summed E-state index contributed by atoms with van der Waals surface area (Å²) in [6.07, 6.45) is 3.35. The Balaban J connectivity index is 1.92. The number of aromatic amines is 1. The van der Waals surface area contributed by atoms with Gasteiger partial charge in [0.15, 0.2) is 0 Å². The van der Waals surface area contributed by atoms with Crippen LogP contribution in [0.25, 0.3) is 10.9 Å². The molecule has 0 spiro atoms. The van der Waals surface area contributed by atoms with Crippen LogP contribution in [0, 0.1) is 6.92 Å². The fraction of sp³-hybridized carbons (Fsp3) is 0.214. The van der Waals surface area contributed by atoms with Gasteiger partial charge >= 0.3 is 0 Å². The quantitative estimate of drug-likeness (QED) is 0.626. The number of aromatic nitrogens is 4. The molecule has 3 rings (SSSR count). The zero-order valence-corrected chi connectivity index (χ0v) is 11.8. The van der Waals surface area contributed by atoms with Crippen LogP contribution >= 0.6 is 0 Å². The Kier molecular flexibility index (Phi) is 3.09. The van der Waals surface area contributed by atoms with Gasteiger partial charge in [-0.2, -0.15) is 5.10 Å². The smallest absolute Gasteiger partial charge is 0.258 e. The number of fused-ring (bicyclic) bond motifs is 1. The molecule has 0 unspecified atom stereocenters. The minimum absolute atomic E-state index is 0.193. The first-order chi connectivity index (χ1) is 10.0. The average molecular weight is 284 g/mol. The van der Waals surface area contributed by atoms with Gasteiger partial charge in [0.2, 0.25) is 0 Å². The molecule has 7 heteroatoms. The molecule has 0 aliphatic rings. The highest BCUT2D eigenvalue weighted by Crippen LogP contribution is 2.23. The van der Waals surface area contributed by atoms with Crippen molar-refractivity contribution < 1.29 is 0 Å². The normalized spacial score (nSPS) is 11.0. The number of aryl methyl sites for hydroxylation is 2. The van der Waals surface area contributed by atoms with Crippen molar-refractivity contribution in [2.45, 2.75) is 13.5 Å². The third-order valence-corrected chi connectivity index (χ3v) is 3.40. The number of rotatable bonds is 3. The summed E-state index contributed by atoms with van der Waals surface area (Å²) in [5.74, 6) is 0. The van der Waals surface area contributed by atoms with Gasteiger partial charge in [-0.15, -0.1) is 0 Å². The highest BCUT2D eigenvalue weighted by Gasteiger charge is 2.07. The van der Waals surface area contributed by atoms with Gasteiger partial charge in [0.05, 0.1) is 34.3 Å². The molecule has 0 fully saturated rings. The van der Waals surface area contributed by atoms with Crippen LogP contribution in [0.3, 0.4) is 0 Å². The van der Waals surface area contributed by atoms with E-state index in [4.69, 9.17) is 5.73 Å². The Bertz CT molecular complexity index is 864. The fourth-order valence-corrected chi connectivity index (χ4v) is 2.30. The monoisotopic (exact) mass is 284 g/mol. The lowest BCUT2D eigenvalue weighted by molar-refractivity contribution is 0.756. The van der Waals surface area contributed by atoms with Crippen LogP contribution in [-0.2, 0) is 13.6 Å². The Morgan fingerprint density at radius 2 is 2.24 bits per heavy atom. The molecule has 2 aromatic heterocycles. The molecule has 0 aliphatic heterocycles. The molecular weight excluding hydrogens is 268 g/mol. The first-order valence-corrected chi connectivity index (χ1v) is 6.54. The number of nitrogens with zero attached hydrogens (tertiary/aromatic N) is 3. The maximum Gasteiger partial charge on any atom is 0.258 e. The lowest BCUT2D eigenvalue weighted by Crippen LogP contribution is -2.09. The van der Waals surface area contributed by atoms with Crippen molar-refractivity contribution in [2.75, 3.05) is 11.1 Å². The molecule has 0 bridgehead atoms. The summed E-state index contributed by atoms with van der Waals surface area (Å²) in [5.41, 5.74) is 9.75. The van der Waals surface area contributed by atoms with Gasteiger partial charge < -0.3 is 16.0 Å². The molecule has 0 saturated carbocycles. The van der Waals surface area contributed by atoms with E-state index in [0.29, 0.717) is 23.1 Å². The van der Waals surface area contributed by atoms with E-state index in [9.17, 15) is 4.79 Å². The largest absolute Gasteiger partial charge is 0.397 e. The second-order valence-corrected chi connectivity index (χ2v) is 4.96. The van der Waals surface area contributed by atoms with Crippen molar-refractivity contribution >= 4 is 22.3 Å². The van der Waals surface area contributed by atoms with E-state index in [0.717, 1.165) is 16.9 Å². The van der Waals surface area contributed by atoms with Gasteiger partial charge in [0, 0.05) is 25.4 Å². The van der Waals surface area contributed by atoms with Crippen molar-refractivity contribution in [3.8, 4) is 0 Å². The van der Waals surface area contributed by atoms with E-state index >= 15 is 0 Å². The lowest BCUT2D eigenvalue weighted by atomic mass is 10.2. The first kappa shape index (κ1) is 13.2. The molecular formula is C14H16N6O. The second kappa shape index (κ2) is 4.93. The number of benzene rings is 1.